The van der Waals surface area contributed by atoms with Gasteiger partial charge in [0.1, 0.15) is 12.0 Å². The monoisotopic (exact) mass is 514 g/mol. The first-order chi connectivity index (χ1) is 13.9. The number of hydrogen-bond acceptors (Lipinski definition) is 9. The second-order valence-corrected chi connectivity index (χ2v) is 6.55. The van der Waals surface area contributed by atoms with Crippen molar-refractivity contribution in [1.82, 2.24) is 4.98 Å². The number of pyridine rings is 1. The summed E-state index contributed by atoms with van der Waals surface area (Å²) in [6, 6.07) is 6.31. The van der Waals surface area contributed by atoms with E-state index in [0.29, 0.717) is 23.9 Å². The summed E-state index contributed by atoms with van der Waals surface area (Å²) in [6.07, 6.45) is 2.69. The summed E-state index contributed by atoms with van der Waals surface area (Å²) in [6.45, 7) is 4.04. The van der Waals surface area contributed by atoms with E-state index in [0.717, 1.165) is 15.3 Å². The molecule has 0 aliphatic carbocycles. The standard InChI is InChI=1S/C18H19IN4O6/c1-3-27-15-8-12(7-14(19)18(15)29-11-17(24)28-4-2)9-21-22-16-6-5-13(10-20-16)23(25)26/h5-10H,3-4,11H2,1-2H3,(H,20,22)/b21-9+. The molecule has 0 atom stereocenters. The number of aromatic nitrogens is 1. The van der Waals surface area contributed by atoms with Gasteiger partial charge in [-0.2, -0.15) is 5.10 Å². The number of anilines is 1. The fourth-order valence-corrected chi connectivity index (χ4v) is 2.91. The van der Waals surface area contributed by atoms with Gasteiger partial charge in [0, 0.05) is 6.07 Å². The number of nitrogens with one attached hydrogen (secondary N) is 1. The number of carbonyl (C=O) groups excluding carboxylic acids is 1. The number of halogens is 1. The molecule has 0 radical (unpaired) electrons. The van der Waals surface area contributed by atoms with E-state index >= 15 is 0 Å². The van der Waals surface area contributed by atoms with Gasteiger partial charge in [0.2, 0.25) is 0 Å². The number of ether oxygens (including phenoxy) is 3. The van der Waals surface area contributed by atoms with E-state index in [9.17, 15) is 14.9 Å². The molecule has 0 saturated carbocycles. The van der Waals surface area contributed by atoms with Crippen LogP contribution in [0.2, 0.25) is 0 Å². The van der Waals surface area contributed by atoms with Crippen molar-refractivity contribution in [3.63, 3.8) is 0 Å². The molecule has 2 aromatic rings. The Bertz CT molecular complexity index is 889. The molecule has 0 bridgehead atoms. The number of hydrogen-bond donors (Lipinski definition) is 1. The van der Waals surface area contributed by atoms with Crippen LogP contribution in [0.15, 0.2) is 35.6 Å². The van der Waals surface area contributed by atoms with Gasteiger partial charge in [0.25, 0.3) is 5.69 Å². The number of rotatable bonds is 10. The molecule has 2 rings (SSSR count). The number of nitro groups is 1. The first kappa shape index (κ1) is 22.3. The van der Waals surface area contributed by atoms with E-state index in [1.165, 1.54) is 12.1 Å². The Morgan fingerprint density at radius 2 is 2.10 bits per heavy atom. The van der Waals surface area contributed by atoms with Gasteiger partial charge < -0.3 is 14.2 Å². The van der Waals surface area contributed by atoms with Crippen LogP contribution in [0.4, 0.5) is 11.5 Å². The lowest BCUT2D eigenvalue weighted by Crippen LogP contribution is -2.15. The average Bonchev–Trinajstić information content (AvgIpc) is 2.68. The van der Waals surface area contributed by atoms with Crippen LogP contribution in [0, 0.1) is 13.7 Å². The lowest BCUT2D eigenvalue weighted by molar-refractivity contribution is -0.385. The summed E-state index contributed by atoms with van der Waals surface area (Å²) in [5.74, 6) is 0.818. The van der Waals surface area contributed by atoms with E-state index in [1.807, 2.05) is 6.92 Å². The molecule has 1 aromatic carbocycles. The van der Waals surface area contributed by atoms with Crippen LogP contribution in [-0.2, 0) is 9.53 Å². The SMILES string of the molecule is CCOC(=O)COc1c(I)cc(/C=N/Nc2ccc([N+](=O)[O-])cn2)cc1OCC. The molecule has 0 fully saturated rings. The van der Waals surface area contributed by atoms with Crippen LogP contribution in [0.5, 0.6) is 11.5 Å². The molecule has 1 heterocycles. The summed E-state index contributed by atoms with van der Waals surface area (Å²) in [5.41, 5.74) is 3.31. The Morgan fingerprint density at radius 1 is 1.31 bits per heavy atom. The van der Waals surface area contributed by atoms with Crippen molar-refractivity contribution in [2.75, 3.05) is 25.2 Å². The van der Waals surface area contributed by atoms with Crippen LogP contribution < -0.4 is 14.9 Å². The van der Waals surface area contributed by atoms with Crippen molar-refractivity contribution < 1.29 is 23.9 Å². The molecule has 0 aliphatic heterocycles. The van der Waals surface area contributed by atoms with Crippen LogP contribution >= 0.6 is 22.6 Å². The molecule has 10 nitrogen and oxygen atoms in total. The minimum absolute atomic E-state index is 0.103. The topological polar surface area (TPSA) is 125 Å². The van der Waals surface area contributed by atoms with Gasteiger partial charge >= 0.3 is 5.97 Å². The Kier molecular flexibility index (Phi) is 8.58. The van der Waals surface area contributed by atoms with Gasteiger partial charge in [-0.1, -0.05) is 0 Å². The molecule has 11 heteroatoms. The summed E-state index contributed by atoms with van der Waals surface area (Å²) in [4.78, 5) is 25.6. The Hall–Kier alpha value is -2.96. The fourth-order valence-electron chi connectivity index (χ4n) is 2.13. The van der Waals surface area contributed by atoms with Gasteiger partial charge in [-0.05, 0) is 60.2 Å². The fraction of sp³-hybridized carbons (Fsp3) is 0.278. The maximum Gasteiger partial charge on any atom is 0.344 e. The highest BCUT2D eigenvalue weighted by Gasteiger charge is 2.14. The molecule has 0 spiro atoms. The molecular weight excluding hydrogens is 495 g/mol. The Morgan fingerprint density at radius 3 is 2.72 bits per heavy atom. The lowest BCUT2D eigenvalue weighted by atomic mass is 10.2. The molecule has 0 unspecified atom stereocenters. The normalized spacial score (nSPS) is 10.6. The van der Waals surface area contributed by atoms with Crippen LogP contribution in [0.25, 0.3) is 0 Å². The molecule has 1 N–H and O–H groups in total. The largest absolute Gasteiger partial charge is 0.490 e. The highest BCUT2D eigenvalue weighted by molar-refractivity contribution is 14.1. The highest BCUT2D eigenvalue weighted by Crippen LogP contribution is 2.34. The van der Waals surface area contributed by atoms with Crippen molar-refractivity contribution in [2.24, 2.45) is 5.10 Å². The zero-order valence-electron chi connectivity index (χ0n) is 15.8. The van der Waals surface area contributed by atoms with E-state index in [-0.39, 0.29) is 18.9 Å². The summed E-state index contributed by atoms with van der Waals surface area (Å²) in [7, 11) is 0. The van der Waals surface area contributed by atoms with Crippen molar-refractivity contribution in [3.05, 3.63) is 49.7 Å². The molecule has 29 heavy (non-hydrogen) atoms. The quantitative estimate of drug-likeness (QED) is 0.168. The van der Waals surface area contributed by atoms with E-state index in [4.69, 9.17) is 14.2 Å². The van der Waals surface area contributed by atoms with Crippen LogP contribution in [-0.4, -0.2) is 41.9 Å². The second kappa shape index (κ2) is 11.1. The Labute approximate surface area is 180 Å². The third-order valence-corrected chi connectivity index (χ3v) is 4.12. The van der Waals surface area contributed by atoms with Crippen molar-refractivity contribution in [2.45, 2.75) is 13.8 Å². The summed E-state index contributed by atoms with van der Waals surface area (Å²) >= 11 is 2.08. The molecule has 1 aromatic heterocycles. The van der Waals surface area contributed by atoms with E-state index in [1.54, 1.807) is 25.3 Å². The summed E-state index contributed by atoms with van der Waals surface area (Å²) < 4.78 is 16.8. The average molecular weight is 514 g/mol. The van der Waals surface area contributed by atoms with E-state index < -0.39 is 10.9 Å². The number of hydrazone groups is 1. The van der Waals surface area contributed by atoms with Gasteiger partial charge in [-0.3, -0.25) is 15.5 Å². The third-order valence-electron chi connectivity index (χ3n) is 3.32. The van der Waals surface area contributed by atoms with Crippen LogP contribution in [0.1, 0.15) is 19.4 Å². The van der Waals surface area contributed by atoms with Crippen molar-refractivity contribution in [3.8, 4) is 11.5 Å². The summed E-state index contributed by atoms with van der Waals surface area (Å²) in [5, 5.41) is 14.7. The van der Waals surface area contributed by atoms with Crippen molar-refractivity contribution in [1.29, 1.82) is 0 Å². The molecule has 0 amide bonds. The minimum atomic E-state index is -0.525. The molecular formula is C18H19IN4O6. The number of esters is 1. The second-order valence-electron chi connectivity index (χ2n) is 5.39. The van der Waals surface area contributed by atoms with Gasteiger partial charge in [-0.15, -0.1) is 0 Å². The maximum atomic E-state index is 11.5. The predicted octanol–water partition coefficient (Wildman–Crippen LogP) is 3.38. The number of carbonyl (C=O) groups is 1. The predicted molar refractivity (Wildman–Crippen MR) is 115 cm³/mol. The zero-order chi connectivity index (χ0) is 21.2. The highest BCUT2D eigenvalue weighted by atomic mass is 127. The molecule has 0 saturated heterocycles. The Balaban J connectivity index is 2.11. The van der Waals surface area contributed by atoms with Crippen LogP contribution in [0.3, 0.4) is 0 Å². The molecule has 154 valence electrons. The molecule has 0 aliphatic rings. The third kappa shape index (κ3) is 6.85. The maximum absolute atomic E-state index is 11.5. The number of nitrogens with zero attached hydrogens (tertiary/aromatic N) is 3. The first-order valence-corrected chi connectivity index (χ1v) is 9.66. The smallest absolute Gasteiger partial charge is 0.344 e. The van der Waals surface area contributed by atoms with Gasteiger partial charge in [-0.25, -0.2) is 9.78 Å². The first-order valence-electron chi connectivity index (χ1n) is 8.58. The van der Waals surface area contributed by atoms with Gasteiger partial charge in [0.05, 0.1) is 27.9 Å². The zero-order valence-corrected chi connectivity index (χ0v) is 17.9. The van der Waals surface area contributed by atoms with Crippen molar-refractivity contribution >= 4 is 46.3 Å². The minimum Gasteiger partial charge on any atom is -0.490 e. The van der Waals surface area contributed by atoms with Gasteiger partial charge in [0.15, 0.2) is 18.1 Å². The number of benzene rings is 1. The lowest BCUT2D eigenvalue weighted by Gasteiger charge is -2.14. The van der Waals surface area contributed by atoms with E-state index in [2.05, 4.69) is 38.1 Å².